The van der Waals surface area contributed by atoms with Crippen LogP contribution in [-0.4, -0.2) is 29.0 Å². The summed E-state index contributed by atoms with van der Waals surface area (Å²) >= 11 is 5.96. The number of aromatic hydroxyl groups is 1. The van der Waals surface area contributed by atoms with E-state index < -0.39 is 0 Å². The van der Waals surface area contributed by atoms with Gasteiger partial charge in [0.25, 0.3) is 5.91 Å². The second-order valence-electron chi connectivity index (χ2n) is 4.36. The van der Waals surface area contributed by atoms with Gasteiger partial charge in [0.05, 0.1) is 16.7 Å². The van der Waals surface area contributed by atoms with Crippen LogP contribution in [0, 0.1) is 17.2 Å². The summed E-state index contributed by atoms with van der Waals surface area (Å²) in [5, 5.41) is 18.5. The van der Waals surface area contributed by atoms with E-state index in [0.29, 0.717) is 36.5 Å². The Kier molecular flexibility index (Phi) is 3.73. The Morgan fingerprint density at radius 1 is 1.44 bits per heavy atom. The summed E-state index contributed by atoms with van der Waals surface area (Å²) in [5.74, 6) is -0.129. The molecule has 0 aliphatic carbocycles. The summed E-state index contributed by atoms with van der Waals surface area (Å²) in [5.41, 5.74) is 0.312. The molecular formula is C13H13ClN2O2. The molecule has 1 aromatic carbocycles. The van der Waals surface area contributed by atoms with E-state index in [9.17, 15) is 9.90 Å². The number of phenolic OH excluding ortho intramolecular Hbond substituents is 1. The lowest BCUT2D eigenvalue weighted by atomic mass is 9.98. The Bertz CT molecular complexity index is 502. The molecule has 1 aliphatic heterocycles. The maximum atomic E-state index is 12.2. The first-order valence-electron chi connectivity index (χ1n) is 5.79. The van der Waals surface area contributed by atoms with Crippen LogP contribution < -0.4 is 0 Å². The topological polar surface area (TPSA) is 64.3 Å². The molecule has 0 saturated carbocycles. The average molecular weight is 265 g/mol. The van der Waals surface area contributed by atoms with Crippen molar-refractivity contribution < 1.29 is 9.90 Å². The number of carbonyl (C=O) groups is 1. The van der Waals surface area contributed by atoms with Gasteiger partial charge in [-0.1, -0.05) is 11.6 Å². The third kappa shape index (κ3) is 2.57. The average Bonchev–Trinajstić information content (AvgIpc) is 2.41. The Labute approximate surface area is 110 Å². The van der Waals surface area contributed by atoms with Crippen LogP contribution in [0.2, 0.25) is 5.02 Å². The smallest absolute Gasteiger partial charge is 0.255 e. The summed E-state index contributed by atoms with van der Waals surface area (Å²) < 4.78 is 0. The zero-order valence-electron chi connectivity index (χ0n) is 9.77. The van der Waals surface area contributed by atoms with Gasteiger partial charge < -0.3 is 10.0 Å². The number of halogens is 1. The Hall–Kier alpha value is -1.73. The third-order valence-electron chi connectivity index (χ3n) is 3.15. The van der Waals surface area contributed by atoms with Crippen molar-refractivity contribution in [2.75, 3.05) is 13.1 Å². The van der Waals surface area contributed by atoms with Crippen molar-refractivity contribution in [3.8, 4) is 11.8 Å². The molecular weight excluding hydrogens is 252 g/mol. The number of amides is 1. The van der Waals surface area contributed by atoms with Gasteiger partial charge in [-0.25, -0.2) is 0 Å². The number of nitrogens with zero attached hydrogens (tertiary/aromatic N) is 2. The normalized spacial score (nSPS) is 16.3. The molecule has 1 N–H and O–H groups in total. The van der Waals surface area contributed by atoms with Gasteiger partial charge in [-0.3, -0.25) is 4.79 Å². The summed E-state index contributed by atoms with van der Waals surface area (Å²) in [6.07, 6.45) is 1.39. The van der Waals surface area contributed by atoms with Crippen molar-refractivity contribution in [1.82, 2.24) is 4.90 Å². The molecule has 0 bridgehead atoms. The van der Waals surface area contributed by atoms with Crippen LogP contribution in [0.5, 0.6) is 5.75 Å². The SMILES string of the molecule is N#CC1CCN(C(=O)c2cc(O)ccc2Cl)CC1. The highest BCUT2D eigenvalue weighted by atomic mass is 35.5. The van der Waals surface area contributed by atoms with E-state index in [4.69, 9.17) is 16.9 Å². The number of rotatable bonds is 1. The van der Waals surface area contributed by atoms with Crippen LogP contribution in [0.15, 0.2) is 18.2 Å². The summed E-state index contributed by atoms with van der Waals surface area (Å²) in [6.45, 7) is 1.12. The zero-order chi connectivity index (χ0) is 13.1. The van der Waals surface area contributed by atoms with Gasteiger partial charge in [0.2, 0.25) is 0 Å². The van der Waals surface area contributed by atoms with E-state index in [1.807, 2.05) is 0 Å². The number of nitriles is 1. The van der Waals surface area contributed by atoms with Crippen LogP contribution in [0.4, 0.5) is 0 Å². The van der Waals surface area contributed by atoms with Crippen LogP contribution in [0.3, 0.4) is 0 Å². The molecule has 4 nitrogen and oxygen atoms in total. The molecule has 1 heterocycles. The minimum atomic E-state index is -0.188. The van der Waals surface area contributed by atoms with Crippen molar-refractivity contribution in [3.05, 3.63) is 28.8 Å². The number of piperidine rings is 1. The number of likely N-dealkylation sites (tertiary alicyclic amines) is 1. The van der Waals surface area contributed by atoms with Crippen molar-refractivity contribution in [1.29, 1.82) is 5.26 Å². The van der Waals surface area contributed by atoms with E-state index >= 15 is 0 Å². The Morgan fingerprint density at radius 2 is 2.11 bits per heavy atom. The third-order valence-corrected chi connectivity index (χ3v) is 3.47. The molecule has 1 aromatic rings. The van der Waals surface area contributed by atoms with Gasteiger partial charge in [0, 0.05) is 19.0 Å². The highest BCUT2D eigenvalue weighted by molar-refractivity contribution is 6.33. The van der Waals surface area contributed by atoms with E-state index in [1.165, 1.54) is 18.2 Å². The molecule has 0 unspecified atom stereocenters. The molecule has 5 heteroatoms. The number of carbonyl (C=O) groups excluding carboxylic acids is 1. The first-order chi connectivity index (χ1) is 8.61. The quantitative estimate of drug-likeness (QED) is 0.847. The lowest BCUT2D eigenvalue weighted by Gasteiger charge is -2.29. The highest BCUT2D eigenvalue weighted by Gasteiger charge is 2.24. The van der Waals surface area contributed by atoms with Crippen LogP contribution in [0.1, 0.15) is 23.2 Å². The van der Waals surface area contributed by atoms with Crippen molar-refractivity contribution >= 4 is 17.5 Å². The van der Waals surface area contributed by atoms with Crippen molar-refractivity contribution in [3.63, 3.8) is 0 Å². The van der Waals surface area contributed by atoms with Crippen LogP contribution in [0.25, 0.3) is 0 Å². The molecule has 2 rings (SSSR count). The van der Waals surface area contributed by atoms with E-state index in [0.717, 1.165) is 0 Å². The van der Waals surface area contributed by atoms with E-state index in [2.05, 4.69) is 6.07 Å². The second-order valence-corrected chi connectivity index (χ2v) is 4.77. The molecule has 18 heavy (non-hydrogen) atoms. The summed E-state index contributed by atoms with van der Waals surface area (Å²) in [6, 6.07) is 6.55. The van der Waals surface area contributed by atoms with Crippen molar-refractivity contribution in [2.24, 2.45) is 5.92 Å². The van der Waals surface area contributed by atoms with Crippen LogP contribution >= 0.6 is 11.6 Å². The van der Waals surface area contributed by atoms with Crippen LogP contribution in [-0.2, 0) is 0 Å². The zero-order valence-corrected chi connectivity index (χ0v) is 10.5. The maximum Gasteiger partial charge on any atom is 0.255 e. The molecule has 1 amide bonds. The summed E-state index contributed by atoms with van der Waals surface area (Å²) in [4.78, 5) is 13.9. The van der Waals surface area contributed by atoms with Gasteiger partial charge in [-0.15, -0.1) is 0 Å². The fourth-order valence-corrected chi connectivity index (χ4v) is 2.26. The second kappa shape index (κ2) is 5.28. The molecule has 0 radical (unpaired) electrons. The summed E-state index contributed by atoms with van der Waals surface area (Å²) in [7, 11) is 0. The molecule has 1 fully saturated rings. The predicted octanol–water partition coefficient (Wildman–Crippen LogP) is 2.42. The van der Waals surface area contributed by atoms with Gasteiger partial charge >= 0.3 is 0 Å². The molecule has 1 aliphatic rings. The van der Waals surface area contributed by atoms with E-state index in [-0.39, 0.29) is 17.6 Å². The predicted molar refractivity (Wildman–Crippen MR) is 67.4 cm³/mol. The first kappa shape index (κ1) is 12.7. The fourth-order valence-electron chi connectivity index (χ4n) is 2.06. The first-order valence-corrected chi connectivity index (χ1v) is 6.17. The molecule has 0 atom stereocenters. The standard InChI is InChI=1S/C13H13ClN2O2/c14-12-2-1-10(17)7-11(12)13(18)16-5-3-9(8-15)4-6-16/h1-2,7,9,17H,3-6H2. The molecule has 1 saturated heterocycles. The maximum absolute atomic E-state index is 12.2. The number of benzene rings is 1. The monoisotopic (exact) mass is 264 g/mol. The van der Waals surface area contributed by atoms with Gasteiger partial charge in [0.15, 0.2) is 0 Å². The minimum Gasteiger partial charge on any atom is -0.508 e. The number of phenols is 1. The largest absolute Gasteiger partial charge is 0.508 e. The minimum absolute atomic E-state index is 0.0228. The lowest BCUT2D eigenvalue weighted by Crippen LogP contribution is -2.38. The fraction of sp³-hybridized carbons (Fsp3) is 0.385. The lowest BCUT2D eigenvalue weighted by molar-refractivity contribution is 0.0707. The van der Waals surface area contributed by atoms with Gasteiger partial charge in [-0.2, -0.15) is 5.26 Å². The molecule has 0 spiro atoms. The Balaban J connectivity index is 2.13. The number of hydrogen-bond acceptors (Lipinski definition) is 3. The van der Waals surface area contributed by atoms with Gasteiger partial charge in [0.1, 0.15) is 5.75 Å². The van der Waals surface area contributed by atoms with Gasteiger partial charge in [-0.05, 0) is 31.0 Å². The Morgan fingerprint density at radius 3 is 2.72 bits per heavy atom. The number of hydrogen-bond donors (Lipinski definition) is 1. The molecule has 94 valence electrons. The molecule has 0 aromatic heterocycles. The highest BCUT2D eigenvalue weighted by Crippen LogP contribution is 2.25. The van der Waals surface area contributed by atoms with Crippen molar-refractivity contribution in [2.45, 2.75) is 12.8 Å². The van der Waals surface area contributed by atoms with E-state index in [1.54, 1.807) is 4.90 Å².